The predicted octanol–water partition coefficient (Wildman–Crippen LogP) is 3.82. The summed E-state index contributed by atoms with van der Waals surface area (Å²) < 4.78 is 6.12. The van der Waals surface area contributed by atoms with Gasteiger partial charge >= 0.3 is 5.63 Å². The van der Waals surface area contributed by atoms with Gasteiger partial charge < -0.3 is 15.1 Å². The number of nitrogen functional groups attached to an aromatic ring is 1. The molecule has 8 heteroatoms. The van der Waals surface area contributed by atoms with Gasteiger partial charge in [-0.3, -0.25) is 4.79 Å². The van der Waals surface area contributed by atoms with E-state index in [1.165, 1.54) is 17.8 Å². The van der Waals surface area contributed by atoms with Gasteiger partial charge in [-0.25, -0.2) is 9.78 Å². The quantitative estimate of drug-likeness (QED) is 0.498. The third kappa shape index (κ3) is 3.14. The number of carbonyl (C=O) groups is 1. The Bertz CT molecular complexity index is 1050. The molecule has 0 unspecified atom stereocenters. The first-order valence-electron chi connectivity index (χ1n) is 8.32. The van der Waals surface area contributed by atoms with Crippen molar-refractivity contribution in [2.45, 2.75) is 19.3 Å². The molecule has 1 aliphatic heterocycles. The fourth-order valence-corrected chi connectivity index (χ4v) is 4.45. The zero-order valence-corrected chi connectivity index (χ0v) is 16.2. The van der Waals surface area contributed by atoms with Crippen molar-refractivity contribution in [2.24, 2.45) is 0 Å². The number of piperidine rings is 1. The summed E-state index contributed by atoms with van der Waals surface area (Å²) in [5.41, 5.74) is 5.72. The van der Waals surface area contributed by atoms with Crippen LogP contribution in [0, 0.1) is 0 Å². The number of fused-ring (bicyclic) bond motifs is 1. The SMILES string of the molecule is Nc1nc(N2CCCCC2)sc1C(=O)c1cc2cc(Br)ccc2oc1=O. The monoisotopic (exact) mass is 433 g/mol. The normalized spacial score (nSPS) is 14.7. The number of halogens is 1. The number of thiazole rings is 1. The molecule has 3 aromatic rings. The molecule has 0 aliphatic carbocycles. The van der Waals surface area contributed by atoms with E-state index in [0.717, 1.165) is 35.5 Å². The second kappa shape index (κ2) is 6.85. The minimum Gasteiger partial charge on any atom is -0.422 e. The van der Waals surface area contributed by atoms with Gasteiger partial charge in [0, 0.05) is 22.9 Å². The molecule has 4 rings (SSSR count). The summed E-state index contributed by atoms with van der Waals surface area (Å²) in [4.78, 5) is 32.0. The van der Waals surface area contributed by atoms with Crippen LogP contribution in [0.25, 0.3) is 11.0 Å². The molecule has 0 bridgehead atoms. The number of benzene rings is 1. The molecule has 2 aromatic heterocycles. The lowest BCUT2D eigenvalue weighted by atomic mass is 10.1. The third-order valence-corrected chi connectivity index (χ3v) is 6.04. The second-order valence-corrected chi connectivity index (χ2v) is 8.11. The van der Waals surface area contributed by atoms with E-state index < -0.39 is 11.4 Å². The van der Waals surface area contributed by atoms with Crippen molar-refractivity contribution >= 4 is 55.0 Å². The fraction of sp³-hybridized carbons (Fsp3) is 0.278. The van der Waals surface area contributed by atoms with Crippen molar-refractivity contribution in [3.8, 4) is 0 Å². The smallest absolute Gasteiger partial charge is 0.347 e. The van der Waals surface area contributed by atoms with E-state index in [0.29, 0.717) is 11.0 Å². The highest BCUT2D eigenvalue weighted by Crippen LogP contribution is 2.31. The number of nitrogens with two attached hydrogens (primary N) is 1. The molecule has 134 valence electrons. The fourth-order valence-electron chi connectivity index (χ4n) is 3.08. The van der Waals surface area contributed by atoms with Crippen LogP contribution < -0.4 is 16.3 Å². The number of carbonyl (C=O) groups excluding carboxylic acids is 1. The number of hydrogen-bond acceptors (Lipinski definition) is 7. The van der Waals surface area contributed by atoms with Crippen molar-refractivity contribution in [1.29, 1.82) is 0 Å². The molecule has 0 amide bonds. The topological polar surface area (TPSA) is 89.4 Å². The molecule has 0 radical (unpaired) electrons. The van der Waals surface area contributed by atoms with Crippen molar-refractivity contribution < 1.29 is 9.21 Å². The summed E-state index contributed by atoms with van der Waals surface area (Å²) >= 11 is 4.61. The molecule has 1 aromatic carbocycles. The lowest BCUT2D eigenvalue weighted by Gasteiger charge is -2.25. The van der Waals surface area contributed by atoms with Crippen molar-refractivity contribution in [1.82, 2.24) is 4.98 Å². The maximum absolute atomic E-state index is 12.9. The van der Waals surface area contributed by atoms with Crippen LogP contribution in [0.2, 0.25) is 0 Å². The average Bonchev–Trinajstić information content (AvgIpc) is 3.03. The van der Waals surface area contributed by atoms with E-state index >= 15 is 0 Å². The van der Waals surface area contributed by atoms with Gasteiger partial charge in [-0.2, -0.15) is 0 Å². The van der Waals surface area contributed by atoms with E-state index in [2.05, 4.69) is 25.8 Å². The summed E-state index contributed by atoms with van der Waals surface area (Å²) in [5, 5.41) is 1.40. The van der Waals surface area contributed by atoms with E-state index in [-0.39, 0.29) is 16.3 Å². The summed E-state index contributed by atoms with van der Waals surface area (Å²) in [7, 11) is 0. The number of nitrogens with zero attached hydrogens (tertiary/aromatic N) is 2. The number of aromatic nitrogens is 1. The van der Waals surface area contributed by atoms with Gasteiger partial charge in [-0.1, -0.05) is 27.3 Å². The second-order valence-electron chi connectivity index (χ2n) is 6.22. The van der Waals surface area contributed by atoms with Gasteiger partial charge in [0.1, 0.15) is 21.8 Å². The van der Waals surface area contributed by atoms with E-state index in [1.807, 2.05) is 0 Å². The van der Waals surface area contributed by atoms with Crippen LogP contribution in [-0.2, 0) is 0 Å². The largest absolute Gasteiger partial charge is 0.422 e. The minimum atomic E-state index is -0.669. The molecule has 1 fully saturated rings. The Hall–Kier alpha value is -2.19. The van der Waals surface area contributed by atoms with E-state index in [9.17, 15) is 9.59 Å². The van der Waals surface area contributed by atoms with Gasteiger partial charge in [-0.05, 0) is 43.5 Å². The zero-order valence-electron chi connectivity index (χ0n) is 13.8. The maximum atomic E-state index is 12.9. The molecule has 2 N–H and O–H groups in total. The Morgan fingerprint density at radius 3 is 2.77 bits per heavy atom. The molecule has 26 heavy (non-hydrogen) atoms. The minimum absolute atomic E-state index is 0.0313. The van der Waals surface area contributed by atoms with Gasteiger partial charge in [-0.15, -0.1) is 0 Å². The summed E-state index contributed by atoms with van der Waals surface area (Å²) in [6, 6.07) is 6.81. The van der Waals surface area contributed by atoms with Gasteiger partial charge in [0.15, 0.2) is 5.13 Å². The van der Waals surface area contributed by atoms with Crippen molar-refractivity contribution in [3.05, 3.63) is 49.6 Å². The van der Waals surface area contributed by atoms with E-state index in [4.69, 9.17) is 10.2 Å². The number of ketones is 1. The molecular formula is C18H16BrN3O3S. The highest BCUT2D eigenvalue weighted by Gasteiger charge is 2.24. The van der Waals surface area contributed by atoms with Crippen LogP contribution in [0.4, 0.5) is 10.9 Å². The van der Waals surface area contributed by atoms with Crippen LogP contribution in [-0.4, -0.2) is 23.9 Å². The lowest BCUT2D eigenvalue weighted by Crippen LogP contribution is -2.29. The third-order valence-electron chi connectivity index (χ3n) is 4.41. The highest BCUT2D eigenvalue weighted by molar-refractivity contribution is 9.10. The molecule has 6 nitrogen and oxygen atoms in total. The standard InChI is InChI=1S/C18H16BrN3O3S/c19-11-4-5-13-10(8-11)9-12(17(24)25-13)14(23)15-16(20)21-18(26-15)22-6-2-1-3-7-22/h4-5,8-9H,1-3,6-7,20H2. The summed E-state index contributed by atoms with van der Waals surface area (Å²) in [6.45, 7) is 1.82. The van der Waals surface area contributed by atoms with Crippen molar-refractivity contribution in [2.75, 3.05) is 23.7 Å². The Kier molecular flexibility index (Phi) is 4.54. The van der Waals surface area contributed by atoms with Crippen LogP contribution >= 0.6 is 27.3 Å². The predicted molar refractivity (Wildman–Crippen MR) is 106 cm³/mol. The van der Waals surface area contributed by atoms with Crippen LogP contribution in [0.15, 0.2) is 37.9 Å². The first kappa shape index (κ1) is 17.2. The molecule has 1 aliphatic rings. The van der Waals surface area contributed by atoms with Crippen LogP contribution in [0.3, 0.4) is 0 Å². The molecule has 3 heterocycles. The van der Waals surface area contributed by atoms with Gasteiger partial charge in [0.2, 0.25) is 5.78 Å². The van der Waals surface area contributed by atoms with Gasteiger partial charge in [0.25, 0.3) is 0 Å². The molecule has 0 spiro atoms. The van der Waals surface area contributed by atoms with Crippen LogP contribution in [0.5, 0.6) is 0 Å². The van der Waals surface area contributed by atoms with Crippen molar-refractivity contribution in [3.63, 3.8) is 0 Å². The first-order chi connectivity index (χ1) is 12.5. The zero-order chi connectivity index (χ0) is 18.3. The molecule has 0 saturated carbocycles. The highest BCUT2D eigenvalue weighted by atomic mass is 79.9. The van der Waals surface area contributed by atoms with E-state index in [1.54, 1.807) is 24.3 Å². The van der Waals surface area contributed by atoms with Gasteiger partial charge in [0.05, 0.1) is 0 Å². The Morgan fingerprint density at radius 1 is 1.23 bits per heavy atom. The number of hydrogen-bond donors (Lipinski definition) is 1. The molecule has 1 saturated heterocycles. The van der Waals surface area contributed by atoms with Crippen LogP contribution in [0.1, 0.15) is 34.5 Å². The number of anilines is 2. The molecular weight excluding hydrogens is 418 g/mol. The Morgan fingerprint density at radius 2 is 2.00 bits per heavy atom. The number of rotatable bonds is 3. The maximum Gasteiger partial charge on any atom is 0.347 e. The molecule has 0 atom stereocenters. The Labute approximate surface area is 161 Å². The lowest BCUT2D eigenvalue weighted by molar-refractivity contribution is 0.104. The summed E-state index contributed by atoms with van der Waals surface area (Å²) in [6.07, 6.45) is 3.41. The average molecular weight is 434 g/mol. The summed E-state index contributed by atoms with van der Waals surface area (Å²) in [5.74, 6) is -0.284. The first-order valence-corrected chi connectivity index (χ1v) is 9.93. The Balaban J connectivity index is 1.73.